The molecule has 0 spiro atoms. The molecule has 0 aliphatic carbocycles. The fourth-order valence-electron chi connectivity index (χ4n) is 6.26. The molecule has 1 saturated heterocycles. The minimum Gasteiger partial charge on any atom is -0.463 e. The Bertz CT molecular complexity index is 755. The Morgan fingerprint density at radius 2 is 1.04 bits per heavy atom. The molecule has 1 fully saturated rings. The monoisotopic (exact) mass is 667 g/mol. The molecule has 7 nitrogen and oxygen atoms in total. The van der Waals surface area contributed by atoms with E-state index in [0.29, 0.717) is 12.8 Å². The minimum absolute atomic E-state index is 0.0239. The first kappa shape index (κ1) is 43.6. The predicted octanol–water partition coefficient (Wildman–Crippen LogP) is 10.1. The third-order valence-corrected chi connectivity index (χ3v) is 9.37. The number of ether oxygens (including phenoxy) is 3. The van der Waals surface area contributed by atoms with Crippen molar-refractivity contribution >= 4 is 11.9 Å². The van der Waals surface area contributed by atoms with Gasteiger partial charge in [-0.2, -0.15) is 0 Å². The Morgan fingerprint density at radius 3 is 1.51 bits per heavy atom. The van der Waals surface area contributed by atoms with Gasteiger partial charge in [0.15, 0.2) is 6.10 Å². The van der Waals surface area contributed by atoms with Crippen molar-refractivity contribution in [1.82, 2.24) is 0 Å². The van der Waals surface area contributed by atoms with Crippen molar-refractivity contribution < 1.29 is 34.0 Å². The van der Waals surface area contributed by atoms with E-state index < -0.39 is 24.4 Å². The average molecular weight is 667 g/mol. The van der Waals surface area contributed by atoms with Crippen molar-refractivity contribution in [3.8, 4) is 0 Å². The number of rotatable bonds is 33. The fourth-order valence-corrected chi connectivity index (χ4v) is 6.26. The minimum atomic E-state index is -1.17. The van der Waals surface area contributed by atoms with E-state index in [-0.39, 0.29) is 25.2 Å². The number of aliphatic hydroxyl groups excluding tert-OH is 2. The number of unbranched alkanes of at least 4 members (excludes halogenated alkanes) is 23. The average Bonchev–Trinajstić information content (AvgIpc) is 3.43. The second-order valence-corrected chi connectivity index (χ2v) is 13.9. The summed E-state index contributed by atoms with van der Waals surface area (Å²) in [5.41, 5.74) is 0. The van der Waals surface area contributed by atoms with Gasteiger partial charge in [-0.15, -0.1) is 0 Å². The SMILES string of the molecule is CCCCCCCC/C=C\CCCCCCCC(=O)OC[C@@H](O)[C@H]1OC[C@H](OC(=O)CCCCCCCCCCCCCCC)[C@H]1O. The van der Waals surface area contributed by atoms with E-state index in [9.17, 15) is 19.8 Å². The van der Waals surface area contributed by atoms with Gasteiger partial charge in [0.25, 0.3) is 0 Å². The molecule has 0 aromatic rings. The highest BCUT2D eigenvalue weighted by molar-refractivity contribution is 5.69. The zero-order chi connectivity index (χ0) is 34.2. The van der Waals surface area contributed by atoms with Crippen LogP contribution >= 0.6 is 0 Å². The van der Waals surface area contributed by atoms with Gasteiger partial charge in [-0.3, -0.25) is 9.59 Å². The molecule has 4 atom stereocenters. The van der Waals surface area contributed by atoms with Gasteiger partial charge in [-0.1, -0.05) is 154 Å². The summed E-state index contributed by atoms with van der Waals surface area (Å²) in [4.78, 5) is 24.4. The molecule has 0 aromatic carbocycles. The molecule has 0 bridgehead atoms. The Kier molecular flexibility index (Phi) is 29.5. The number of carbonyl (C=O) groups excluding carboxylic acids is 2. The highest BCUT2D eigenvalue weighted by atomic mass is 16.6. The highest BCUT2D eigenvalue weighted by Crippen LogP contribution is 2.22. The van der Waals surface area contributed by atoms with E-state index in [1.165, 1.54) is 116 Å². The molecule has 7 heteroatoms. The van der Waals surface area contributed by atoms with E-state index in [1.54, 1.807) is 0 Å². The molecule has 0 saturated carbocycles. The molecule has 0 unspecified atom stereocenters. The van der Waals surface area contributed by atoms with Crippen molar-refractivity contribution in [3.63, 3.8) is 0 Å². The summed E-state index contributed by atoms with van der Waals surface area (Å²) in [5.74, 6) is -0.697. The molecular weight excluding hydrogens is 592 g/mol. The van der Waals surface area contributed by atoms with E-state index in [1.807, 2.05) is 0 Å². The van der Waals surface area contributed by atoms with Crippen LogP contribution in [0.4, 0.5) is 0 Å². The molecule has 276 valence electrons. The van der Waals surface area contributed by atoms with Crippen LogP contribution in [0.5, 0.6) is 0 Å². The number of carbonyl (C=O) groups is 2. The molecule has 0 aromatic heterocycles. The zero-order valence-electron chi connectivity index (χ0n) is 30.6. The van der Waals surface area contributed by atoms with Crippen LogP contribution in [-0.2, 0) is 23.8 Å². The molecule has 1 heterocycles. The lowest BCUT2D eigenvalue weighted by molar-refractivity contribution is -0.154. The van der Waals surface area contributed by atoms with Gasteiger partial charge in [0, 0.05) is 12.8 Å². The molecule has 2 N–H and O–H groups in total. The third kappa shape index (κ3) is 25.2. The summed E-state index contributed by atoms with van der Waals surface area (Å²) in [6, 6.07) is 0. The number of hydrogen-bond acceptors (Lipinski definition) is 7. The quantitative estimate of drug-likeness (QED) is 0.0408. The first-order chi connectivity index (χ1) is 23.0. The first-order valence-corrected chi connectivity index (χ1v) is 20.0. The second-order valence-electron chi connectivity index (χ2n) is 13.9. The lowest BCUT2D eigenvalue weighted by Crippen LogP contribution is -2.42. The molecular formula is C40H74O7. The highest BCUT2D eigenvalue weighted by Gasteiger charge is 2.42. The lowest BCUT2D eigenvalue weighted by Gasteiger charge is -2.22. The van der Waals surface area contributed by atoms with Gasteiger partial charge in [0.1, 0.15) is 24.9 Å². The van der Waals surface area contributed by atoms with Gasteiger partial charge in [-0.25, -0.2) is 0 Å². The summed E-state index contributed by atoms with van der Waals surface area (Å²) in [7, 11) is 0. The maximum Gasteiger partial charge on any atom is 0.306 e. The molecule has 1 aliphatic rings. The summed E-state index contributed by atoms with van der Waals surface area (Å²) in [6.07, 6.45) is 32.9. The largest absolute Gasteiger partial charge is 0.463 e. The van der Waals surface area contributed by atoms with Gasteiger partial charge < -0.3 is 24.4 Å². The maximum atomic E-state index is 12.3. The summed E-state index contributed by atoms with van der Waals surface area (Å²) < 4.78 is 16.2. The standard InChI is InChI=1S/C40H74O7/c1-3-5-7-9-11-13-15-17-18-20-21-23-25-27-29-31-37(42)45-33-35(41)40-39(44)36(34-46-40)47-38(43)32-30-28-26-24-22-19-16-14-12-10-8-6-4-2/h17-18,35-36,39-41,44H,3-16,19-34H2,1-2H3/b18-17-/t35-,36+,39-,40-/m1/s1. The summed E-state index contributed by atoms with van der Waals surface area (Å²) in [6.45, 7) is 4.29. The van der Waals surface area contributed by atoms with E-state index in [2.05, 4.69) is 26.0 Å². The fraction of sp³-hybridized carbons (Fsp3) is 0.900. The van der Waals surface area contributed by atoms with Crippen LogP contribution < -0.4 is 0 Å². The molecule has 1 rings (SSSR count). The van der Waals surface area contributed by atoms with Crippen LogP contribution in [0.15, 0.2) is 12.2 Å². The van der Waals surface area contributed by atoms with Crippen molar-refractivity contribution in [2.75, 3.05) is 13.2 Å². The topological polar surface area (TPSA) is 102 Å². The Balaban J connectivity index is 1.99. The second kappa shape index (κ2) is 31.8. The normalized spacial score (nSPS) is 18.6. The van der Waals surface area contributed by atoms with E-state index in [4.69, 9.17) is 14.2 Å². The Labute approximate surface area is 289 Å². The summed E-state index contributed by atoms with van der Waals surface area (Å²) in [5, 5.41) is 21.0. The van der Waals surface area contributed by atoms with Crippen LogP contribution in [0.25, 0.3) is 0 Å². The van der Waals surface area contributed by atoms with Crippen molar-refractivity contribution in [3.05, 3.63) is 12.2 Å². The summed E-state index contributed by atoms with van der Waals surface area (Å²) >= 11 is 0. The van der Waals surface area contributed by atoms with E-state index >= 15 is 0 Å². The molecule has 0 amide bonds. The third-order valence-electron chi connectivity index (χ3n) is 9.37. The molecule has 0 radical (unpaired) electrons. The van der Waals surface area contributed by atoms with Crippen molar-refractivity contribution in [2.45, 2.75) is 218 Å². The van der Waals surface area contributed by atoms with Crippen molar-refractivity contribution in [1.29, 1.82) is 0 Å². The Hall–Kier alpha value is -1.44. The van der Waals surface area contributed by atoms with Crippen molar-refractivity contribution in [2.24, 2.45) is 0 Å². The first-order valence-electron chi connectivity index (χ1n) is 20.0. The van der Waals surface area contributed by atoms with Crippen LogP contribution in [0, 0.1) is 0 Å². The number of esters is 2. The predicted molar refractivity (Wildman–Crippen MR) is 192 cm³/mol. The zero-order valence-corrected chi connectivity index (χ0v) is 30.6. The Morgan fingerprint density at radius 1 is 0.638 bits per heavy atom. The van der Waals surface area contributed by atoms with Crippen LogP contribution in [-0.4, -0.2) is 59.8 Å². The van der Waals surface area contributed by atoms with Crippen LogP contribution in [0.2, 0.25) is 0 Å². The van der Waals surface area contributed by atoms with Gasteiger partial charge in [0.2, 0.25) is 0 Å². The lowest BCUT2D eigenvalue weighted by atomic mass is 10.0. The van der Waals surface area contributed by atoms with Gasteiger partial charge >= 0.3 is 11.9 Å². The smallest absolute Gasteiger partial charge is 0.306 e. The number of allylic oxidation sites excluding steroid dienone is 2. The maximum absolute atomic E-state index is 12.3. The number of hydrogen-bond donors (Lipinski definition) is 2. The van der Waals surface area contributed by atoms with Crippen LogP contribution in [0.3, 0.4) is 0 Å². The van der Waals surface area contributed by atoms with Gasteiger partial charge in [-0.05, 0) is 38.5 Å². The molecule has 47 heavy (non-hydrogen) atoms. The van der Waals surface area contributed by atoms with E-state index in [0.717, 1.165) is 51.4 Å². The van der Waals surface area contributed by atoms with Gasteiger partial charge in [0.05, 0.1) is 6.61 Å². The number of aliphatic hydroxyl groups is 2. The van der Waals surface area contributed by atoms with Crippen LogP contribution in [0.1, 0.15) is 194 Å². The molecule has 1 aliphatic heterocycles.